The van der Waals surface area contributed by atoms with Crippen molar-refractivity contribution in [3.63, 3.8) is 0 Å². The molecule has 0 aromatic heterocycles. The monoisotopic (exact) mass is 682 g/mol. The number of carbonyl (C=O) groups is 1. The molecular formula is C47H38O5. The van der Waals surface area contributed by atoms with Crippen molar-refractivity contribution in [3.8, 4) is 44.9 Å². The molecule has 0 aliphatic carbocycles. The highest BCUT2D eigenvalue weighted by atomic mass is 16.6. The summed E-state index contributed by atoms with van der Waals surface area (Å²) in [7, 11) is 1.67. The first-order chi connectivity index (χ1) is 25.6. The third-order valence-electron chi connectivity index (χ3n) is 9.61. The molecule has 8 aromatic carbocycles. The Balaban J connectivity index is 1.33. The summed E-state index contributed by atoms with van der Waals surface area (Å²) in [6.07, 6.45) is 0. The van der Waals surface area contributed by atoms with Crippen LogP contribution < -0.4 is 9.47 Å². The summed E-state index contributed by atoms with van der Waals surface area (Å²) in [5, 5.41) is 9.04. The van der Waals surface area contributed by atoms with E-state index in [1.54, 1.807) is 7.11 Å². The molecule has 0 unspecified atom stereocenters. The van der Waals surface area contributed by atoms with Crippen molar-refractivity contribution < 1.29 is 23.7 Å². The van der Waals surface area contributed by atoms with Gasteiger partial charge in [-0.3, -0.25) is 4.79 Å². The molecule has 8 aromatic rings. The normalized spacial score (nSPS) is 11.3. The summed E-state index contributed by atoms with van der Waals surface area (Å²) in [6, 6.07) is 51.4. The zero-order chi connectivity index (χ0) is 35.4. The Hall–Kier alpha value is -6.17. The molecule has 0 aliphatic rings. The molecule has 8 rings (SSSR count). The molecule has 0 aliphatic heterocycles. The summed E-state index contributed by atoms with van der Waals surface area (Å²) < 4.78 is 23.5. The van der Waals surface area contributed by atoms with Gasteiger partial charge in [-0.1, -0.05) is 121 Å². The Bertz CT molecular complexity index is 2580. The second-order valence-corrected chi connectivity index (χ2v) is 12.8. The van der Waals surface area contributed by atoms with Crippen molar-refractivity contribution in [1.29, 1.82) is 0 Å². The van der Waals surface area contributed by atoms with E-state index in [2.05, 4.69) is 133 Å². The van der Waals surface area contributed by atoms with E-state index in [9.17, 15) is 4.79 Å². The van der Waals surface area contributed by atoms with Crippen LogP contribution in [-0.4, -0.2) is 39.5 Å². The lowest BCUT2D eigenvalue weighted by Crippen LogP contribution is -2.10. The van der Waals surface area contributed by atoms with E-state index in [1.807, 2.05) is 12.1 Å². The van der Waals surface area contributed by atoms with Crippen molar-refractivity contribution in [2.75, 3.05) is 33.5 Å². The van der Waals surface area contributed by atoms with E-state index in [-0.39, 0.29) is 19.2 Å². The van der Waals surface area contributed by atoms with Crippen LogP contribution in [0.4, 0.5) is 0 Å². The third kappa shape index (κ3) is 6.43. The van der Waals surface area contributed by atoms with E-state index in [0.717, 1.165) is 49.5 Å². The number of fused-ring (bicyclic) bond motifs is 4. The van der Waals surface area contributed by atoms with Gasteiger partial charge in [-0.2, -0.15) is 0 Å². The molecule has 0 saturated carbocycles. The topological polar surface area (TPSA) is 54.0 Å². The van der Waals surface area contributed by atoms with Gasteiger partial charge in [0.1, 0.15) is 31.3 Å². The van der Waals surface area contributed by atoms with Crippen LogP contribution in [0, 0.1) is 0 Å². The maximum atomic E-state index is 11.6. The van der Waals surface area contributed by atoms with E-state index in [1.165, 1.54) is 39.6 Å². The number of carbonyl (C=O) groups excluding carboxylic acids is 1. The van der Waals surface area contributed by atoms with Gasteiger partial charge in [0.05, 0.1) is 6.61 Å². The average Bonchev–Trinajstić information content (AvgIpc) is 3.18. The first-order valence-electron chi connectivity index (χ1n) is 17.6. The quantitative estimate of drug-likeness (QED) is 0.100. The molecule has 52 heavy (non-hydrogen) atoms. The van der Waals surface area contributed by atoms with Gasteiger partial charge >= 0.3 is 5.97 Å². The van der Waals surface area contributed by atoms with Crippen molar-refractivity contribution in [2.24, 2.45) is 0 Å². The van der Waals surface area contributed by atoms with Crippen LogP contribution in [-0.2, 0) is 14.3 Å². The lowest BCUT2D eigenvalue weighted by molar-refractivity contribution is -0.141. The number of esters is 1. The molecule has 256 valence electrons. The largest absolute Gasteiger partial charge is 0.491 e. The summed E-state index contributed by atoms with van der Waals surface area (Å²) in [5.74, 6) is 1.07. The number of methoxy groups -OCH3 is 1. The predicted molar refractivity (Wildman–Crippen MR) is 212 cm³/mol. The Labute approximate surface area is 302 Å². The van der Waals surface area contributed by atoms with Gasteiger partial charge in [0, 0.05) is 25.2 Å². The maximum absolute atomic E-state index is 11.6. The fourth-order valence-corrected chi connectivity index (χ4v) is 7.24. The van der Waals surface area contributed by atoms with Gasteiger partial charge in [0.25, 0.3) is 0 Å². The lowest BCUT2D eigenvalue weighted by atomic mass is 9.89. The summed E-state index contributed by atoms with van der Waals surface area (Å²) in [6.45, 7) is 2.60. The van der Waals surface area contributed by atoms with Gasteiger partial charge < -0.3 is 18.9 Å². The first-order valence-corrected chi connectivity index (χ1v) is 17.6. The smallest absolute Gasteiger partial charge is 0.302 e. The van der Waals surface area contributed by atoms with Crippen LogP contribution in [0.3, 0.4) is 0 Å². The molecule has 0 spiro atoms. The first kappa shape index (κ1) is 33.0. The number of ether oxygens (including phenoxy) is 4. The minimum atomic E-state index is -0.340. The molecule has 0 N–H and O–H groups in total. The summed E-state index contributed by atoms with van der Waals surface area (Å²) >= 11 is 0. The SMILES string of the molecule is COCCOc1ccc2cc(-c3cccc4ccccc34)ccc2c1-c1c(OCCOC(C)=O)ccc2cc(-c3cccc4ccccc34)ccc12. The fraction of sp³-hybridized carbons (Fsp3) is 0.128. The summed E-state index contributed by atoms with van der Waals surface area (Å²) in [5.41, 5.74) is 6.48. The Morgan fingerprint density at radius 3 is 1.44 bits per heavy atom. The van der Waals surface area contributed by atoms with Gasteiger partial charge in [0.15, 0.2) is 0 Å². The van der Waals surface area contributed by atoms with Gasteiger partial charge in [-0.25, -0.2) is 0 Å². The van der Waals surface area contributed by atoms with Gasteiger partial charge in [0.2, 0.25) is 0 Å². The van der Waals surface area contributed by atoms with Crippen molar-refractivity contribution in [1.82, 2.24) is 0 Å². The number of hydrogen-bond donors (Lipinski definition) is 0. The zero-order valence-electron chi connectivity index (χ0n) is 29.2. The molecule has 5 nitrogen and oxygen atoms in total. The van der Waals surface area contributed by atoms with Crippen LogP contribution in [0.1, 0.15) is 6.92 Å². The van der Waals surface area contributed by atoms with Crippen LogP contribution in [0.25, 0.3) is 76.5 Å². The molecule has 0 fully saturated rings. The standard InChI is InChI=1S/C47H38O5/c1-31(48)50-27-28-52-45-24-20-37-30-35(41-16-8-12-33-10-4-6-14-39(33)41)18-22-43(37)47(45)46-42-21-17-34(29-36(42)19-23-44(46)51-26-25-49-2)40-15-7-11-32-9-3-5-13-38(32)40/h3-24,29-30H,25-28H2,1-2H3. The Morgan fingerprint density at radius 2 is 0.942 bits per heavy atom. The van der Waals surface area contributed by atoms with E-state index in [4.69, 9.17) is 18.9 Å². The number of benzene rings is 8. The van der Waals surface area contributed by atoms with E-state index < -0.39 is 0 Å². The Kier molecular flexibility index (Phi) is 9.26. The minimum absolute atomic E-state index is 0.147. The minimum Gasteiger partial charge on any atom is -0.491 e. The zero-order valence-corrected chi connectivity index (χ0v) is 29.2. The van der Waals surface area contributed by atoms with Gasteiger partial charge in [-0.15, -0.1) is 0 Å². The predicted octanol–water partition coefficient (Wildman–Crippen LogP) is 11.3. The molecule has 0 saturated heterocycles. The molecule has 0 atom stereocenters. The maximum Gasteiger partial charge on any atom is 0.302 e. The molecular weight excluding hydrogens is 645 g/mol. The van der Waals surface area contributed by atoms with Crippen molar-refractivity contribution in [3.05, 3.63) is 146 Å². The second-order valence-electron chi connectivity index (χ2n) is 12.8. The molecule has 0 amide bonds. The average molecular weight is 683 g/mol. The van der Waals surface area contributed by atoms with Crippen LogP contribution in [0.2, 0.25) is 0 Å². The van der Waals surface area contributed by atoms with Crippen LogP contribution >= 0.6 is 0 Å². The lowest BCUT2D eigenvalue weighted by Gasteiger charge is -2.20. The van der Waals surface area contributed by atoms with Crippen molar-refractivity contribution >= 4 is 49.1 Å². The Morgan fingerprint density at radius 1 is 0.462 bits per heavy atom. The van der Waals surface area contributed by atoms with Gasteiger partial charge in [-0.05, 0) is 89.6 Å². The molecule has 0 radical (unpaired) electrons. The molecule has 0 bridgehead atoms. The molecule has 5 heteroatoms. The van der Waals surface area contributed by atoms with E-state index in [0.29, 0.717) is 19.0 Å². The number of hydrogen-bond acceptors (Lipinski definition) is 5. The second kappa shape index (κ2) is 14.6. The highest BCUT2D eigenvalue weighted by Gasteiger charge is 2.21. The van der Waals surface area contributed by atoms with Crippen molar-refractivity contribution in [2.45, 2.75) is 6.92 Å². The highest BCUT2D eigenvalue weighted by Crippen LogP contribution is 2.47. The molecule has 0 heterocycles. The highest BCUT2D eigenvalue weighted by molar-refractivity contribution is 6.12. The number of rotatable bonds is 11. The van der Waals surface area contributed by atoms with Crippen LogP contribution in [0.5, 0.6) is 11.5 Å². The van der Waals surface area contributed by atoms with Crippen LogP contribution in [0.15, 0.2) is 146 Å². The third-order valence-corrected chi connectivity index (χ3v) is 9.61. The van der Waals surface area contributed by atoms with E-state index >= 15 is 0 Å². The fourth-order valence-electron chi connectivity index (χ4n) is 7.24. The summed E-state index contributed by atoms with van der Waals surface area (Å²) in [4.78, 5) is 11.6.